The Bertz CT molecular complexity index is 230. The smallest absolute Gasteiger partial charge is 0.409 e. The molecule has 0 saturated carbocycles. The molecule has 0 spiro atoms. The third-order valence-electron chi connectivity index (χ3n) is 2.00. The van der Waals surface area contributed by atoms with Crippen molar-refractivity contribution in [3.8, 4) is 0 Å². The molecule has 0 aliphatic carbocycles. The van der Waals surface area contributed by atoms with Crippen LogP contribution in [0.4, 0.5) is 4.79 Å². The molecule has 0 aromatic rings. The van der Waals surface area contributed by atoms with Crippen LogP contribution < -0.4 is 0 Å². The topological polar surface area (TPSA) is 55.8 Å². The number of carbonyl (C=O) groups is 2. The SMILES string of the molecule is CCCC(CN(C)C(=O)OCC)OC(C)=O. The fourth-order valence-corrected chi connectivity index (χ4v) is 1.36. The summed E-state index contributed by atoms with van der Waals surface area (Å²) in [7, 11) is 1.63. The second-order valence-electron chi connectivity index (χ2n) is 3.60. The zero-order valence-electron chi connectivity index (χ0n) is 10.5. The van der Waals surface area contributed by atoms with E-state index in [0.29, 0.717) is 13.2 Å². The van der Waals surface area contributed by atoms with Gasteiger partial charge >= 0.3 is 12.1 Å². The van der Waals surface area contributed by atoms with Crippen LogP contribution in [-0.2, 0) is 14.3 Å². The van der Waals surface area contributed by atoms with Gasteiger partial charge in [0, 0.05) is 14.0 Å². The first-order chi connectivity index (χ1) is 7.51. The molecule has 16 heavy (non-hydrogen) atoms. The van der Waals surface area contributed by atoms with Crippen molar-refractivity contribution >= 4 is 12.1 Å². The van der Waals surface area contributed by atoms with E-state index in [0.717, 1.165) is 12.8 Å². The molecule has 0 saturated heterocycles. The molecule has 0 aromatic heterocycles. The van der Waals surface area contributed by atoms with Gasteiger partial charge in [0.05, 0.1) is 13.2 Å². The lowest BCUT2D eigenvalue weighted by molar-refractivity contribution is -0.147. The second kappa shape index (κ2) is 7.96. The van der Waals surface area contributed by atoms with Crippen molar-refractivity contribution in [2.24, 2.45) is 0 Å². The Hall–Kier alpha value is -1.26. The number of amides is 1. The Morgan fingerprint density at radius 3 is 2.38 bits per heavy atom. The Morgan fingerprint density at radius 1 is 1.31 bits per heavy atom. The predicted octanol–water partition coefficient (Wildman–Crippen LogP) is 1.81. The van der Waals surface area contributed by atoms with Gasteiger partial charge in [-0.2, -0.15) is 0 Å². The molecule has 0 heterocycles. The fraction of sp³-hybridized carbons (Fsp3) is 0.818. The third kappa shape index (κ3) is 6.27. The highest BCUT2D eigenvalue weighted by Gasteiger charge is 2.17. The molecule has 0 aliphatic rings. The van der Waals surface area contributed by atoms with Crippen LogP contribution in [0.25, 0.3) is 0 Å². The molecule has 0 aromatic carbocycles. The summed E-state index contributed by atoms with van der Waals surface area (Å²) < 4.78 is 9.94. The molecule has 0 rings (SSSR count). The van der Waals surface area contributed by atoms with Gasteiger partial charge in [-0.3, -0.25) is 4.79 Å². The summed E-state index contributed by atoms with van der Waals surface area (Å²) >= 11 is 0. The molecule has 1 atom stereocenters. The number of likely N-dealkylation sites (N-methyl/N-ethyl adjacent to an activating group) is 1. The minimum Gasteiger partial charge on any atom is -0.461 e. The van der Waals surface area contributed by atoms with Crippen molar-refractivity contribution in [1.82, 2.24) is 4.90 Å². The summed E-state index contributed by atoms with van der Waals surface area (Å²) in [6, 6.07) is 0. The summed E-state index contributed by atoms with van der Waals surface area (Å²) in [6.07, 6.45) is 0.991. The van der Waals surface area contributed by atoms with Crippen LogP contribution in [0.1, 0.15) is 33.6 Å². The minimum absolute atomic E-state index is 0.253. The Balaban J connectivity index is 4.15. The monoisotopic (exact) mass is 231 g/mol. The van der Waals surface area contributed by atoms with Crippen molar-refractivity contribution in [2.45, 2.75) is 39.7 Å². The average Bonchev–Trinajstić information content (AvgIpc) is 2.17. The largest absolute Gasteiger partial charge is 0.461 e. The Morgan fingerprint density at radius 2 is 1.94 bits per heavy atom. The van der Waals surface area contributed by atoms with Gasteiger partial charge in [0.25, 0.3) is 0 Å². The van der Waals surface area contributed by atoms with Gasteiger partial charge in [0.1, 0.15) is 6.10 Å². The van der Waals surface area contributed by atoms with E-state index < -0.39 is 6.09 Å². The van der Waals surface area contributed by atoms with Gasteiger partial charge < -0.3 is 14.4 Å². The van der Waals surface area contributed by atoms with E-state index in [-0.39, 0.29) is 12.1 Å². The van der Waals surface area contributed by atoms with Crippen molar-refractivity contribution < 1.29 is 19.1 Å². The predicted molar refractivity (Wildman–Crippen MR) is 60.1 cm³/mol. The van der Waals surface area contributed by atoms with E-state index in [1.807, 2.05) is 6.92 Å². The minimum atomic E-state index is -0.393. The highest BCUT2D eigenvalue weighted by atomic mass is 16.6. The number of ether oxygens (including phenoxy) is 2. The first kappa shape index (κ1) is 14.7. The lowest BCUT2D eigenvalue weighted by Gasteiger charge is -2.23. The van der Waals surface area contributed by atoms with Crippen LogP contribution in [0.15, 0.2) is 0 Å². The standard InChI is InChI=1S/C11H21NO4/c1-5-7-10(16-9(3)13)8-12(4)11(14)15-6-2/h10H,5-8H2,1-4H3. The van der Waals surface area contributed by atoms with E-state index in [9.17, 15) is 9.59 Å². The highest BCUT2D eigenvalue weighted by Crippen LogP contribution is 2.05. The first-order valence-corrected chi connectivity index (χ1v) is 5.56. The van der Waals surface area contributed by atoms with Crippen LogP contribution in [0.2, 0.25) is 0 Å². The van der Waals surface area contributed by atoms with Gasteiger partial charge in [-0.1, -0.05) is 13.3 Å². The normalized spacial score (nSPS) is 11.8. The van der Waals surface area contributed by atoms with Crippen LogP contribution in [0, 0.1) is 0 Å². The van der Waals surface area contributed by atoms with Crippen molar-refractivity contribution in [3.05, 3.63) is 0 Å². The van der Waals surface area contributed by atoms with Crippen molar-refractivity contribution in [1.29, 1.82) is 0 Å². The maximum absolute atomic E-state index is 11.3. The van der Waals surface area contributed by atoms with Crippen LogP contribution in [-0.4, -0.2) is 43.3 Å². The van der Waals surface area contributed by atoms with Gasteiger partial charge in [-0.25, -0.2) is 4.79 Å². The van der Waals surface area contributed by atoms with E-state index in [1.165, 1.54) is 11.8 Å². The summed E-state index contributed by atoms with van der Waals surface area (Å²) in [5.41, 5.74) is 0. The molecule has 0 fully saturated rings. The second-order valence-corrected chi connectivity index (χ2v) is 3.60. The number of nitrogens with zero attached hydrogens (tertiary/aromatic N) is 1. The quantitative estimate of drug-likeness (QED) is 0.654. The summed E-state index contributed by atoms with van der Waals surface area (Å²) in [6.45, 7) is 5.83. The number of hydrogen-bond donors (Lipinski definition) is 0. The van der Waals surface area contributed by atoms with Crippen LogP contribution in [0.3, 0.4) is 0 Å². The number of carbonyl (C=O) groups excluding carboxylic acids is 2. The van der Waals surface area contributed by atoms with E-state index in [2.05, 4.69) is 0 Å². The number of hydrogen-bond acceptors (Lipinski definition) is 4. The summed E-state index contributed by atoms with van der Waals surface area (Å²) in [4.78, 5) is 23.6. The van der Waals surface area contributed by atoms with E-state index >= 15 is 0 Å². The molecular formula is C11H21NO4. The molecule has 0 radical (unpaired) electrons. The number of rotatable bonds is 6. The third-order valence-corrected chi connectivity index (χ3v) is 2.00. The van der Waals surface area contributed by atoms with Crippen molar-refractivity contribution in [2.75, 3.05) is 20.2 Å². The average molecular weight is 231 g/mol. The lowest BCUT2D eigenvalue weighted by Crippen LogP contribution is -2.36. The Labute approximate surface area is 96.7 Å². The molecule has 94 valence electrons. The molecule has 0 bridgehead atoms. The van der Waals surface area contributed by atoms with Crippen LogP contribution >= 0.6 is 0 Å². The fourth-order valence-electron chi connectivity index (χ4n) is 1.36. The maximum atomic E-state index is 11.3. The van der Waals surface area contributed by atoms with Gasteiger partial charge in [0.2, 0.25) is 0 Å². The lowest BCUT2D eigenvalue weighted by atomic mass is 10.2. The van der Waals surface area contributed by atoms with Crippen LogP contribution in [0.5, 0.6) is 0 Å². The highest BCUT2D eigenvalue weighted by molar-refractivity contribution is 5.68. The summed E-state index contributed by atoms with van der Waals surface area (Å²) in [5.74, 6) is -0.323. The molecule has 1 amide bonds. The first-order valence-electron chi connectivity index (χ1n) is 5.56. The molecule has 5 heteroatoms. The zero-order valence-corrected chi connectivity index (χ0v) is 10.5. The molecule has 0 N–H and O–H groups in total. The maximum Gasteiger partial charge on any atom is 0.409 e. The molecule has 0 aliphatic heterocycles. The molecular weight excluding hydrogens is 210 g/mol. The van der Waals surface area contributed by atoms with Gasteiger partial charge in [-0.15, -0.1) is 0 Å². The number of esters is 1. The van der Waals surface area contributed by atoms with E-state index in [4.69, 9.17) is 9.47 Å². The van der Waals surface area contributed by atoms with Gasteiger partial charge in [0.15, 0.2) is 0 Å². The molecule has 5 nitrogen and oxygen atoms in total. The Kier molecular flexibility index (Phi) is 7.33. The van der Waals surface area contributed by atoms with Gasteiger partial charge in [-0.05, 0) is 13.3 Å². The van der Waals surface area contributed by atoms with Crippen molar-refractivity contribution in [3.63, 3.8) is 0 Å². The zero-order chi connectivity index (χ0) is 12.6. The van der Waals surface area contributed by atoms with E-state index in [1.54, 1.807) is 14.0 Å². The molecule has 1 unspecified atom stereocenters. The summed E-state index contributed by atoms with van der Waals surface area (Å²) in [5, 5.41) is 0.